The average molecular weight is 627 g/mol. The molecule has 0 saturated heterocycles. The van der Waals surface area contributed by atoms with Gasteiger partial charge in [-0.25, -0.2) is 15.0 Å². The van der Waals surface area contributed by atoms with Crippen molar-refractivity contribution >= 4 is 21.8 Å². The van der Waals surface area contributed by atoms with E-state index in [0.717, 1.165) is 44.5 Å². The number of hydrogen-bond acceptors (Lipinski definition) is 3. The zero-order valence-corrected chi connectivity index (χ0v) is 26.6. The van der Waals surface area contributed by atoms with Crippen molar-refractivity contribution in [1.82, 2.24) is 19.5 Å². The molecular weight excluding hydrogens is 597 g/mol. The molecule has 0 radical (unpaired) electrons. The number of hydrogen-bond donors (Lipinski definition) is 0. The molecule has 0 fully saturated rings. The minimum atomic E-state index is 0.633. The highest BCUT2D eigenvalue weighted by Crippen LogP contribution is 2.42. The van der Waals surface area contributed by atoms with Gasteiger partial charge in [-0.3, -0.25) is 0 Å². The smallest absolute Gasteiger partial charge is 0.164 e. The Morgan fingerprint density at radius 2 is 0.837 bits per heavy atom. The Kier molecular flexibility index (Phi) is 7.10. The van der Waals surface area contributed by atoms with Crippen LogP contribution >= 0.6 is 0 Å². The van der Waals surface area contributed by atoms with Crippen LogP contribution in [0.2, 0.25) is 0 Å². The zero-order valence-electron chi connectivity index (χ0n) is 26.6. The highest BCUT2D eigenvalue weighted by molar-refractivity contribution is 6.15. The Morgan fingerprint density at radius 1 is 0.327 bits per heavy atom. The van der Waals surface area contributed by atoms with Gasteiger partial charge in [0, 0.05) is 38.7 Å². The third-order valence-corrected chi connectivity index (χ3v) is 9.07. The second-order valence-electron chi connectivity index (χ2n) is 12.1. The second-order valence-corrected chi connectivity index (χ2v) is 12.1. The predicted molar refractivity (Wildman–Crippen MR) is 201 cm³/mol. The zero-order chi connectivity index (χ0) is 32.6. The molecule has 0 aliphatic heterocycles. The van der Waals surface area contributed by atoms with E-state index >= 15 is 0 Å². The van der Waals surface area contributed by atoms with E-state index in [4.69, 9.17) is 15.0 Å². The van der Waals surface area contributed by atoms with E-state index in [1.165, 1.54) is 21.9 Å². The molecule has 49 heavy (non-hydrogen) atoms. The van der Waals surface area contributed by atoms with Gasteiger partial charge < -0.3 is 4.57 Å². The minimum Gasteiger partial charge on any atom is -0.309 e. The van der Waals surface area contributed by atoms with Crippen LogP contribution < -0.4 is 0 Å². The van der Waals surface area contributed by atoms with E-state index in [2.05, 4.69) is 126 Å². The summed E-state index contributed by atoms with van der Waals surface area (Å²) in [6.45, 7) is 0. The van der Waals surface area contributed by atoms with Crippen molar-refractivity contribution in [2.24, 2.45) is 0 Å². The lowest BCUT2D eigenvalue weighted by Gasteiger charge is -2.15. The molecule has 4 nitrogen and oxygen atoms in total. The van der Waals surface area contributed by atoms with Gasteiger partial charge in [0.15, 0.2) is 17.5 Å². The van der Waals surface area contributed by atoms with Crippen molar-refractivity contribution in [3.8, 4) is 62.1 Å². The standard InChI is InChI=1S/C45H30N4/c1-5-16-31(17-6-1)34-28-29-37-39-27-15-26-38(42(39)49(41(37)30-34)35-22-11-4-12-23-35)36-24-13-14-25-40(36)45-47-43(32-18-7-2-8-19-32)46-44(48-45)33-20-9-3-10-21-33/h1-30H. The van der Waals surface area contributed by atoms with Gasteiger partial charge in [0.25, 0.3) is 0 Å². The first-order valence-electron chi connectivity index (χ1n) is 16.5. The van der Waals surface area contributed by atoms with Gasteiger partial charge >= 0.3 is 0 Å². The summed E-state index contributed by atoms with van der Waals surface area (Å²) in [7, 11) is 0. The van der Waals surface area contributed by atoms with Crippen molar-refractivity contribution in [3.05, 3.63) is 182 Å². The van der Waals surface area contributed by atoms with Gasteiger partial charge in [0.2, 0.25) is 0 Å². The monoisotopic (exact) mass is 626 g/mol. The normalized spacial score (nSPS) is 11.3. The SMILES string of the molecule is c1ccc(-c2ccc3c4cccc(-c5ccccc5-c5nc(-c6ccccc6)nc(-c6ccccc6)n5)c4n(-c4ccccc4)c3c2)cc1. The van der Waals surface area contributed by atoms with Crippen molar-refractivity contribution in [2.45, 2.75) is 0 Å². The lowest BCUT2D eigenvalue weighted by Crippen LogP contribution is -2.01. The summed E-state index contributed by atoms with van der Waals surface area (Å²) in [5, 5.41) is 2.40. The van der Waals surface area contributed by atoms with Crippen LogP contribution in [-0.4, -0.2) is 19.5 Å². The third kappa shape index (κ3) is 5.16. The highest BCUT2D eigenvalue weighted by atomic mass is 15.0. The molecule has 2 heterocycles. The van der Waals surface area contributed by atoms with Crippen molar-refractivity contribution < 1.29 is 0 Å². The second kappa shape index (κ2) is 12.2. The number of nitrogens with zero attached hydrogens (tertiary/aromatic N) is 4. The molecule has 0 amide bonds. The molecule has 0 spiro atoms. The van der Waals surface area contributed by atoms with Gasteiger partial charge in [-0.1, -0.05) is 164 Å². The van der Waals surface area contributed by atoms with Gasteiger partial charge in [-0.05, 0) is 34.9 Å². The molecule has 0 aliphatic carbocycles. The van der Waals surface area contributed by atoms with E-state index in [1.54, 1.807) is 0 Å². The Morgan fingerprint density at radius 3 is 1.47 bits per heavy atom. The van der Waals surface area contributed by atoms with Crippen LogP contribution in [0.4, 0.5) is 0 Å². The molecule has 0 aliphatic rings. The quantitative estimate of drug-likeness (QED) is 0.184. The Bertz CT molecular complexity index is 2520. The van der Waals surface area contributed by atoms with Gasteiger partial charge in [0.1, 0.15) is 0 Å². The van der Waals surface area contributed by atoms with E-state index < -0.39 is 0 Å². The first-order chi connectivity index (χ1) is 24.3. The van der Waals surface area contributed by atoms with Crippen LogP contribution in [-0.2, 0) is 0 Å². The van der Waals surface area contributed by atoms with Crippen LogP contribution in [0.15, 0.2) is 182 Å². The lowest BCUT2D eigenvalue weighted by molar-refractivity contribution is 1.07. The van der Waals surface area contributed by atoms with Gasteiger partial charge in [-0.15, -0.1) is 0 Å². The maximum atomic E-state index is 5.11. The number of rotatable bonds is 6. The molecule has 7 aromatic carbocycles. The predicted octanol–water partition coefficient (Wildman–Crippen LogP) is 11.3. The van der Waals surface area contributed by atoms with Crippen LogP contribution in [0.5, 0.6) is 0 Å². The summed E-state index contributed by atoms with van der Waals surface area (Å²) >= 11 is 0. The summed E-state index contributed by atoms with van der Waals surface area (Å²) in [5.41, 5.74) is 10.8. The summed E-state index contributed by atoms with van der Waals surface area (Å²) < 4.78 is 2.40. The maximum Gasteiger partial charge on any atom is 0.164 e. The van der Waals surface area contributed by atoms with Crippen molar-refractivity contribution in [3.63, 3.8) is 0 Å². The van der Waals surface area contributed by atoms with Gasteiger partial charge in [0.05, 0.1) is 11.0 Å². The fraction of sp³-hybridized carbons (Fsp3) is 0. The van der Waals surface area contributed by atoms with Crippen LogP contribution in [0.25, 0.3) is 83.9 Å². The molecule has 230 valence electrons. The molecule has 0 saturated carbocycles. The maximum absolute atomic E-state index is 5.11. The largest absolute Gasteiger partial charge is 0.309 e. The Balaban J connectivity index is 1.32. The molecule has 9 rings (SSSR count). The van der Waals surface area contributed by atoms with Crippen molar-refractivity contribution in [2.75, 3.05) is 0 Å². The van der Waals surface area contributed by atoms with E-state index in [9.17, 15) is 0 Å². The summed E-state index contributed by atoms with van der Waals surface area (Å²) in [6.07, 6.45) is 0. The fourth-order valence-corrected chi connectivity index (χ4v) is 6.78. The summed E-state index contributed by atoms with van der Waals surface area (Å²) in [4.78, 5) is 15.2. The van der Waals surface area contributed by atoms with E-state index in [0.29, 0.717) is 17.5 Å². The molecule has 0 N–H and O–H groups in total. The lowest BCUT2D eigenvalue weighted by atomic mass is 9.96. The summed E-state index contributed by atoms with van der Waals surface area (Å²) in [5.74, 6) is 1.92. The summed E-state index contributed by atoms with van der Waals surface area (Å²) in [6, 6.07) is 63.3. The molecule has 0 bridgehead atoms. The Labute approximate surface area is 284 Å². The molecular formula is C45H30N4. The molecule has 0 atom stereocenters. The van der Waals surface area contributed by atoms with Gasteiger partial charge in [-0.2, -0.15) is 0 Å². The average Bonchev–Trinajstić information content (AvgIpc) is 3.53. The number of fused-ring (bicyclic) bond motifs is 3. The van der Waals surface area contributed by atoms with Crippen LogP contribution in [0.1, 0.15) is 0 Å². The minimum absolute atomic E-state index is 0.633. The van der Waals surface area contributed by atoms with E-state index in [-0.39, 0.29) is 0 Å². The topological polar surface area (TPSA) is 43.6 Å². The first-order valence-corrected chi connectivity index (χ1v) is 16.5. The number of aromatic nitrogens is 4. The van der Waals surface area contributed by atoms with Crippen LogP contribution in [0, 0.1) is 0 Å². The third-order valence-electron chi connectivity index (χ3n) is 9.07. The Hall–Kier alpha value is -6.65. The van der Waals surface area contributed by atoms with E-state index in [1.807, 2.05) is 60.7 Å². The van der Waals surface area contributed by atoms with Crippen molar-refractivity contribution in [1.29, 1.82) is 0 Å². The molecule has 2 aromatic heterocycles. The molecule has 4 heteroatoms. The highest BCUT2D eigenvalue weighted by Gasteiger charge is 2.21. The number of benzene rings is 7. The molecule has 0 unspecified atom stereocenters. The van der Waals surface area contributed by atoms with Crippen LogP contribution in [0.3, 0.4) is 0 Å². The number of para-hydroxylation sites is 2. The fourth-order valence-electron chi connectivity index (χ4n) is 6.78. The molecule has 9 aromatic rings. The first kappa shape index (κ1) is 28.6.